The van der Waals surface area contributed by atoms with Crippen molar-refractivity contribution in [2.75, 3.05) is 33.4 Å². The molecule has 1 fully saturated rings. The second-order valence-electron chi connectivity index (χ2n) is 5.51. The molecule has 5 nitrogen and oxygen atoms in total. The van der Waals surface area contributed by atoms with Crippen molar-refractivity contribution in [3.8, 4) is 0 Å². The fourth-order valence-electron chi connectivity index (χ4n) is 2.78. The summed E-state index contributed by atoms with van der Waals surface area (Å²) in [6, 6.07) is 0.522. The maximum absolute atomic E-state index is 5.52. The maximum Gasteiger partial charge on any atom is 0.0534 e. The van der Waals surface area contributed by atoms with E-state index >= 15 is 0 Å². The largest absolute Gasteiger partial charge is 0.381 e. The highest BCUT2D eigenvalue weighted by Crippen LogP contribution is 2.18. The lowest BCUT2D eigenvalue weighted by molar-refractivity contribution is 0.166. The Kier molecular flexibility index (Phi) is 5.36. The zero-order valence-electron chi connectivity index (χ0n) is 12.3. The maximum atomic E-state index is 5.52. The number of ether oxygens (including phenoxy) is 1. The van der Waals surface area contributed by atoms with Gasteiger partial charge in [0.25, 0.3) is 0 Å². The van der Waals surface area contributed by atoms with Gasteiger partial charge in [0.1, 0.15) is 0 Å². The lowest BCUT2D eigenvalue weighted by atomic mass is 9.98. The molecule has 1 aromatic rings. The number of nitrogens with one attached hydrogen (secondary N) is 1. The van der Waals surface area contributed by atoms with Crippen LogP contribution >= 0.6 is 0 Å². The van der Waals surface area contributed by atoms with E-state index < -0.39 is 0 Å². The molecule has 0 spiro atoms. The number of hydrogen-bond acceptors (Lipinski definition) is 4. The molecule has 0 aromatic carbocycles. The Morgan fingerprint density at radius 1 is 1.63 bits per heavy atom. The summed E-state index contributed by atoms with van der Waals surface area (Å²) < 4.78 is 7.37. The third-order valence-corrected chi connectivity index (χ3v) is 3.72. The quantitative estimate of drug-likeness (QED) is 0.795. The van der Waals surface area contributed by atoms with Crippen molar-refractivity contribution in [1.29, 1.82) is 0 Å². The SMILES string of the molecule is CCNC(CN(C)Cc1cnn(C)c1)C1CCOC1. The molecule has 19 heavy (non-hydrogen) atoms. The average Bonchev–Trinajstić information content (AvgIpc) is 3.00. The fraction of sp³-hybridized carbons (Fsp3) is 0.786. The van der Waals surface area contributed by atoms with Crippen LogP contribution in [-0.4, -0.2) is 54.1 Å². The van der Waals surface area contributed by atoms with E-state index in [-0.39, 0.29) is 0 Å². The summed E-state index contributed by atoms with van der Waals surface area (Å²) in [4.78, 5) is 2.36. The van der Waals surface area contributed by atoms with Gasteiger partial charge in [-0.15, -0.1) is 0 Å². The van der Waals surface area contributed by atoms with Crippen molar-refractivity contribution in [3.63, 3.8) is 0 Å². The molecule has 1 aliphatic rings. The van der Waals surface area contributed by atoms with Crippen LogP contribution in [0.1, 0.15) is 18.9 Å². The Hall–Kier alpha value is -0.910. The standard InChI is InChI=1S/C14H26N4O/c1-4-15-14(13-5-6-19-11-13)10-17(2)8-12-7-16-18(3)9-12/h7,9,13-15H,4-6,8,10-11H2,1-3H3. The van der Waals surface area contributed by atoms with Crippen LogP contribution in [0.5, 0.6) is 0 Å². The normalized spacial score (nSPS) is 21.2. The van der Waals surface area contributed by atoms with Crippen molar-refractivity contribution in [2.24, 2.45) is 13.0 Å². The fourth-order valence-corrected chi connectivity index (χ4v) is 2.78. The van der Waals surface area contributed by atoms with Crippen LogP contribution in [0.15, 0.2) is 12.4 Å². The summed E-state index contributed by atoms with van der Waals surface area (Å²) in [5.41, 5.74) is 1.27. The van der Waals surface area contributed by atoms with Crippen molar-refractivity contribution in [2.45, 2.75) is 25.9 Å². The van der Waals surface area contributed by atoms with Gasteiger partial charge in [-0.1, -0.05) is 6.92 Å². The van der Waals surface area contributed by atoms with E-state index in [9.17, 15) is 0 Å². The number of rotatable bonds is 7. The topological polar surface area (TPSA) is 42.3 Å². The molecule has 0 amide bonds. The van der Waals surface area contributed by atoms with E-state index in [0.717, 1.165) is 32.8 Å². The lowest BCUT2D eigenvalue weighted by Gasteiger charge is -2.28. The summed E-state index contributed by atoms with van der Waals surface area (Å²) in [6.07, 6.45) is 5.20. The molecular formula is C14H26N4O. The highest BCUT2D eigenvalue weighted by molar-refractivity contribution is 5.03. The second kappa shape index (κ2) is 7.03. The highest BCUT2D eigenvalue weighted by Gasteiger charge is 2.26. The molecule has 0 saturated carbocycles. The molecule has 0 radical (unpaired) electrons. The van der Waals surface area contributed by atoms with Crippen LogP contribution in [0.4, 0.5) is 0 Å². The summed E-state index contributed by atoms with van der Waals surface area (Å²) in [6.45, 7) is 7.00. The van der Waals surface area contributed by atoms with Gasteiger partial charge in [-0.3, -0.25) is 4.68 Å². The lowest BCUT2D eigenvalue weighted by Crippen LogP contribution is -2.44. The first-order valence-corrected chi connectivity index (χ1v) is 7.16. The van der Waals surface area contributed by atoms with E-state index in [1.807, 2.05) is 17.9 Å². The zero-order valence-corrected chi connectivity index (χ0v) is 12.3. The Bertz CT molecular complexity index is 373. The number of aryl methyl sites for hydroxylation is 1. The second-order valence-corrected chi connectivity index (χ2v) is 5.51. The van der Waals surface area contributed by atoms with Gasteiger partial charge in [0, 0.05) is 50.5 Å². The van der Waals surface area contributed by atoms with Gasteiger partial charge in [0.2, 0.25) is 0 Å². The van der Waals surface area contributed by atoms with E-state index in [0.29, 0.717) is 12.0 Å². The summed E-state index contributed by atoms with van der Waals surface area (Å²) in [5, 5.41) is 7.82. The predicted molar refractivity (Wildman–Crippen MR) is 75.9 cm³/mol. The molecule has 1 aliphatic heterocycles. The molecule has 2 rings (SSSR count). The van der Waals surface area contributed by atoms with Gasteiger partial charge in [-0.2, -0.15) is 5.10 Å². The minimum Gasteiger partial charge on any atom is -0.381 e. The molecule has 1 aromatic heterocycles. The van der Waals surface area contributed by atoms with Gasteiger partial charge >= 0.3 is 0 Å². The first-order chi connectivity index (χ1) is 9.19. The number of likely N-dealkylation sites (N-methyl/N-ethyl adjacent to an activating group) is 2. The minimum atomic E-state index is 0.522. The van der Waals surface area contributed by atoms with Crippen LogP contribution in [0, 0.1) is 5.92 Å². The van der Waals surface area contributed by atoms with E-state index in [1.54, 1.807) is 0 Å². The number of nitrogens with zero attached hydrogens (tertiary/aromatic N) is 3. The van der Waals surface area contributed by atoms with Crippen LogP contribution in [0.25, 0.3) is 0 Å². The summed E-state index contributed by atoms with van der Waals surface area (Å²) >= 11 is 0. The van der Waals surface area contributed by atoms with Gasteiger partial charge in [-0.05, 0) is 20.0 Å². The first kappa shape index (κ1) is 14.5. The molecule has 0 bridgehead atoms. The van der Waals surface area contributed by atoms with Crippen LogP contribution in [-0.2, 0) is 18.3 Å². The molecule has 108 valence electrons. The van der Waals surface area contributed by atoms with E-state index in [4.69, 9.17) is 4.74 Å². The van der Waals surface area contributed by atoms with Gasteiger partial charge in [0.15, 0.2) is 0 Å². The molecule has 2 unspecified atom stereocenters. The zero-order chi connectivity index (χ0) is 13.7. The predicted octanol–water partition coefficient (Wildman–Crippen LogP) is 0.866. The summed E-state index contributed by atoms with van der Waals surface area (Å²) in [5.74, 6) is 0.649. The molecule has 1 N–H and O–H groups in total. The van der Waals surface area contributed by atoms with Crippen molar-refractivity contribution < 1.29 is 4.74 Å². The first-order valence-electron chi connectivity index (χ1n) is 7.16. The molecule has 2 atom stereocenters. The van der Waals surface area contributed by atoms with E-state index in [1.165, 1.54) is 12.0 Å². The Morgan fingerprint density at radius 3 is 3.05 bits per heavy atom. The number of hydrogen-bond donors (Lipinski definition) is 1. The highest BCUT2D eigenvalue weighted by atomic mass is 16.5. The van der Waals surface area contributed by atoms with Gasteiger partial charge in [-0.25, -0.2) is 0 Å². The smallest absolute Gasteiger partial charge is 0.0534 e. The van der Waals surface area contributed by atoms with Crippen molar-refractivity contribution in [3.05, 3.63) is 18.0 Å². The molecule has 2 heterocycles. The van der Waals surface area contributed by atoms with Crippen LogP contribution in [0.3, 0.4) is 0 Å². The third kappa shape index (κ3) is 4.30. The number of aromatic nitrogens is 2. The minimum absolute atomic E-state index is 0.522. The van der Waals surface area contributed by atoms with Gasteiger partial charge < -0.3 is 15.0 Å². The van der Waals surface area contributed by atoms with Crippen molar-refractivity contribution in [1.82, 2.24) is 20.0 Å². The molecular weight excluding hydrogens is 240 g/mol. The van der Waals surface area contributed by atoms with Crippen LogP contribution < -0.4 is 5.32 Å². The Labute approximate surface area is 115 Å². The van der Waals surface area contributed by atoms with Gasteiger partial charge in [0.05, 0.1) is 12.8 Å². The summed E-state index contributed by atoms with van der Waals surface area (Å²) in [7, 11) is 4.13. The Balaban J connectivity index is 1.85. The molecule has 1 saturated heterocycles. The van der Waals surface area contributed by atoms with E-state index in [2.05, 4.69) is 35.5 Å². The molecule has 0 aliphatic carbocycles. The Morgan fingerprint density at radius 2 is 2.47 bits per heavy atom. The molecule has 5 heteroatoms. The monoisotopic (exact) mass is 266 g/mol. The van der Waals surface area contributed by atoms with Crippen LogP contribution in [0.2, 0.25) is 0 Å². The third-order valence-electron chi connectivity index (χ3n) is 3.72. The average molecular weight is 266 g/mol. The van der Waals surface area contributed by atoms with Crippen molar-refractivity contribution >= 4 is 0 Å².